The summed E-state index contributed by atoms with van der Waals surface area (Å²) in [5, 5.41) is 0. The lowest BCUT2D eigenvalue weighted by Gasteiger charge is -2.20. The second-order valence-electron chi connectivity index (χ2n) is 4.01. The fourth-order valence-corrected chi connectivity index (χ4v) is 1.24. The number of ether oxygens (including phenoxy) is 2. The monoisotopic (exact) mass is 299 g/mol. The van der Waals surface area contributed by atoms with Gasteiger partial charge >= 0.3 is 12.1 Å². The molecule has 2 N–H and O–H groups in total. The van der Waals surface area contributed by atoms with Gasteiger partial charge in [-0.1, -0.05) is 13.0 Å². The molecule has 0 aliphatic heterocycles. The maximum absolute atomic E-state index is 12.7. The van der Waals surface area contributed by atoms with E-state index in [0.29, 0.717) is 13.0 Å². The Hall–Kier alpha value is -1.73. The van der Waals surface area contributed by atoms with Gasteiger partial charge in [-0.2, -0.15) is 22.0 Å². The summed E-state index contributed by atoms with van der Waals surface area (Å²) in [4.78, 5) is 0. The van der Waals surface area contributed by atoms with E-state index in [0.717, 1.165) is 0 Å². The summed E-state index contributed by atoms with van der Waals surface area (Å²) in [7, 11) is 0. The van der Waals surface area contributed by atoms with Gasteiger partial charge in [0.15, 0.2) is 6.61 Å². The normalized spacial score (nSPS) is 12.3. The van der Waals surface area contributed by atoms with E-state index in [2.05, 4.69) is 4.74 Å². The van der Waals surface area contributed by atoms with Gasteiger partial charge < -0.3 is 15.2 Å². The Morgan fingerprint density at radius 3 is 2.10 bits per heavy atom. The lowest BCUT2D eigenvalue weighted by molar-refractivity contribution is -0.289. The number of benzene rings is 1. The number of nitrogen functional groups attached to an aromatic ring is 1. The number of halogens is 5. The molecular weight excluding hydrogens is 285 g/mol. The van der Waals surface area contributed by atoms with E-state index in [-0.39, 0.29) is 17.2 Å². The minimum atomic E-state index is -5.67. The van der Waals surface area contributed by atoms with Crippen LogP contribution >= 0.6 is 0 Å². The van der Waals surface area contributed by atoms with E-state index >= 15 is 0 Å². The molecule has 0 fully saturated rings. The molecule has 0 amide bonds. The first-order valence-corrected chi connectivity index (χ1v) is 5.77. The molecule has 1 aromatic carbocycles. The van der Waals surface area contributed by atoms with Gasteiger partial charge in [-0.15, -0.1) is 0 Å². The van der Waals surface area contributed by atoms with Crippen LogP contribution in [0.4, 0.5) is 27.6 Å². The van der Waals surface area contributed by atoms with E-state index in [9.17, 15) is 22.0 Å². The molecule has 0 aliphatic carbocycles. The second-order valence-corrected chi connectivity index (χ2v) is 4.01. The van der Waals surface area contributed by atoms with Crippen molar-refractivity contribution in [2.75, 3.05) is 18.9 Å². The van der Waals surface area contributed by atoms with Crippen molar-refractivity contribution >= 4 is 5.69 Å². The number of hydrogen-bond donors (Lipinski definition) is 1. The number of hydrogen-bond acceptors (Lipinski definition) is 3. The van der Waals surface area contributed by atoms with E-state index in [1.54, 1.807) is 0 Å². The average Bonchev–Trinajstić information content (AvgIpc) is 2.35. The van der Waals surface area contributed by atoms with Gasteiger partial charge in [-0.05, 0) is 18.6 Å². The van der Waals surface area contributed by atoms with Gasteiger partial charge in [-0.25, -0.2) is 0 Å². The third-order valence-electron chi connectivity index (χ3n) is 2.31. The van der Waals surface area contributed by atoms with Gasteiger partial charge in [-0.3, -0.25) is 0 Å². The molecule has 0 saturated heterocycles. The zero-order chi connectivity index (χ0) is 15.4. The van der Waals surface area contributed by atoms with Crippen molar-refractivity contribution in [1.29, 1.82) is 0 Å². The highest BCUT2D eigenvalue weighted by atomic mass is 19.4. The van der Waals surface area contributed by atoms with E-state index in [4.69, 9.17) is 10.5 Å². The van der Waals surface area contributed by atoms with Crippen molar-refractivity contribution < 1.29 is 31.4 Å². The molecule has 0 spiro atoms. The third kappa shape index (κ3) is 3.88. The molecule has 0 bridgehead atoms. The highest BCUT2D eigenvalue weighted by Crippen LogP contribution is 2.37. The molecule has 0 aliphatic rings. The maximum Gasteiger partial charge on any atom is 0.456 e. The number of alkyl halides is 5. The minimum Gasteiger partial charge on any atom is -0.491 e. The van der Waals surface area contributed by atoms with Crippen LogP contribution < -0.4 is 15.2 Å². The molecule has 8 heteroatoms. The highest BCUT2D eigenvalue weighted by Gasteiger charge is 2.58. The van der Waals surface area contributed by atoms with Crippen LogP contribution in [0.1, 0.15) is 13.3 Å². The highest BCUT2D eigenvalue weighted by molar-refractivity contribution is 5.62. The van der Waals surface area contributed by atoms with Crippen molar-refractivity contribution in [2.45, 2.75) is 25.4 Å². The van der Waals surface area contributed by atoms with Crippen molar-refractivity contribution in [1.82, 2.24) is 0 Å². The van der Waals surface area contributed by atoms with Gasteiger partial charge in [0.2, 0.25) is 0 Å². The molecule has 0 saturated carbocycles. The molecule has 0 atom stereocenters. The zero-order valence-electron chi connectivity index (χ0n) is 10.6. The Morgan fingerprint density at radius 1 is 1.05 bits per heavy atom. The lowest BCUT2D eigenvalue weighted by atomic mass is 10.2. The smallest absolute Gasteiger partial charge is 0.456 e. The molecule has 0 aromatic heterocycles. The van der Waals surface area contributed by atoms with Crippen LogP contribution in [0.15, 0.2) is 18.2 Å². The predicted octanol–water partition coefficient (Wildman–Crippen LogP) is 3.63. The van der Waals surface area contributed by atoms with Gasteiger partial charge in [0.25, 0.3) is 0 Å². The van der Waals surface area contributed by atoms with E-state index in [1.165, 1.54) is 18.2 Å². The average molecular weight is 299 g/mol. The molecule has 114 valence electrons. The fourth-order valence-electron chi connectivity index (χ4n) is 1.24. The molecule has 1 aromatic rings. The minimum absolute atomic E-state index is 0.112. The standard InChI is InChI=1S/C12H14F5NO2/c1-2-6-19-8-4-3-5-9(10(8)18)20-7-11(13,14)12(15,16)17/h3-5H,2,6-7,18H2,1H3. The van der Waals surface area contributed by atoms with Crippen molar-refractivity contribution in [3.8, 4) is 11.5 Å². The number of nitrogens with two attached hydrogens (primary N) is 1. The summed E-state index contributed by atoms with van der Waals surface area (Å²) in [5.74, 6) is -5.04. The summed E-state index contributed by atoms with van der Waals surface area (Å²) in [6.45, 7) is 0.352. The summed E-state index contributed by atoms with van der Waals surface area (Å²) >= 11 is 0. The van der Waals surface area contributed by atoms with Crippen molar-refractivity contribution in [2.24, 2.45) is 0 Å². The van der Waals surface area contributed by atoms with Crippen LogP contribution in [0.2, 0.25) is 0 Å². The summed E-state index contributed by atoms with van der Waals surface area (Å²) in [6, 6.07) is 4.06. The number of rotatable bonds is 6. The first kappa shape index (κ1) is 16.3. The molecule has 0 radical (unpaired) electrons. The first-order valence-electron chi connectivity index (χ1n) is 5.77. The first-order chi connectivity index (χ1) is 9.19. The zero-order valence-corrected chi connectivity index (χ0v) is 10.6. The Labute approximate surface area is 112 Å². The SMILES string of the molecule is CCCOc1cccc(OCC(F)(F)C(F)(F)F)c1N. The number of para-hydroxylation sites is 1. The van der Waals surface area contributed by atoms with Crippen LogP contribution in [0, 0.1) is 0 Å². The summed E-state index contributed by atoms with van der Waals surface area (Å²) in [6.07, 6.45) is -4.98. The Kier molecular flexibility index (Phi) is 5.02. The van der Waals surface area contributed by atoms with Gasteiger partial charge in [0.05, 0.1) is 6.61 Å². The molecule has 0 heterocycles. The third-order valence-corrected chi connectivity index (χ3v) is 2.31. The largest absolute Gasteiger partial charge is 0.491 e. The van der Waals surface area contributed by atoms with Crippen LogP contribution in [-0.4, -0.2) is 25.3 Å². The topological polar surface area (TPSA) is 44.5 Å². The Bertz CT molecular complexity index is 448. The summed E-state index contributed by atoms with van der Waals surface area (Å²) < 4.78 is 71.1. The number of anilines is 1. The molecule has 0 unspecified atom stereocenters. The van der Waals surface area contributed by atoms with E-state index < -0.39 is 18.7 Å². The Morgan fingerprint density at radius 2 is 1.60 bits per heavy atom. The Balaban J connectivity index is 2.79. The van der Waals surface area contributed by atoms with Crippen LogP contribution in [0.25, 0.3) is 0 Å². The van der Waals surface area contributed by atoms with Crippen molar-refractivity contribution in [3.63, 3.8) is 0 Å². The quantitative estimate of drug-likeness (QED) is 0.644. The maximum atomic E-state index is 12.7. The van der Waals surface area contributed by atoms with Gasteiger partial charge in [0, 0.05) is 0 Å². The fraction of sp³-hybridized carbons (Fsp3) is 0.500. The van der Waals surface area contributed by atoms with E-state index in [1.807, 2.05) is 6.92 Å². The lowest BCUT2D eigenvalue weighted by Crippen LogP contribution is -2.41. The van der Waals surface area contributed by atoms with Gasteiger partial charge in [0.1, 0.15) is 17.2 Å². The van der Waals surface area contributed by atoms with Crippen molar-refractivity contribution in [3.05, 3.63) is 18.2 Å². The van der Waals surface area contributed by atoms with Crippen LogP contribution in [0.3, 0.4) is 0 Å². The second kappa shape index (κ2) is 6.15. The predicted molar refractivity (Wildman–Crippen MR) is 63.1 cm³/mol. The molecule has 1 rings (SSSR count). The van der Waals surface area contributed by atoms with Crippen LogP contribution in [0.5, 0.6) is 11.5 Å². The molecular formula is C12H14F5NO2. The molecule has 20 heavy (non-hydrogen) atoms. The molecule has 3 nitrogen and oxygen atoms in total. The summed E-state index contributed by atoms with van der Waals surface area (Å²) in [5.41, 5.74) is 5.47. The van der Waals surface area contributed by atoms with Crippen LogP contribution in [-0.2, 0) is 0 Å².